The number of hydrogen-bond donors (Lipinski definition) is 1. The molecule has 0 bridgehead atoms. The van der Waals surface area contributed by atoms with Crippen LogP contribution >= 0.6 is 0 Å². The van der Waals surface area contributed by atoms with Gasteiger partial charge >= 0.3 is 0 Å². The van der Waals surface area contributed by atoms with E-state index in [0.717, 1.165) is 11.1 Å². The molecule has 1 heterocycles. The number of amides is 2. The summed E-state index contributed by atoms with van der Waals surface area (Å²) >= 11 is 0. The molecule has 2 rings (SSSR count). The molecule has 90 valence electrons. The van der Waals surface area contributed by atoms with Crippen LogP contribution in [0, 0.1) is 0 Å². The molecule has 0 radical (unpaired) electrons. The molecular weight excluding hydrogens is 223 g/mol. The Labute approximate surface area is 98.3 Å². The van der Waals surface area contributed by atoms with E-state index in [1.165, 1.54) is 4.90 Å². The third-order valence-corrected chi connectivity index (χ3v) is 2.92. The number of nitrogens with zero attached hydrogens (tertiary/aromatic N) is 1. The highest BCUT2D eigenvalue weighted by Gasteiger charge is 2.35. The Morgan fingerprint density at radius 2 is 2.12 bits per heavy atom. The van der Waals surface area contributed by atoms with Crippen LogP contribution < -0.4 is 5.54 Å². The zero-order chi connectivity index (χ0) is 12.3. The smallest absolute Gasteiger partial charge is 0.270 e. The number of halogens is 1. The number of benzene rings is 1. The first kappa shape index (κ1) is 11.6. The van der Waals surface area contributed by atoms with Crippen molar-refractivity contribution in [1.29, 1.82) is 0 Å². The molecule has 0 aromatic heterocycles. The lowest BCUT2D eigenvalue weighted by Gasteiger charge is -2.22. The van der Waals surface area contributed by atoms with Gasteiger partial charge in [-0.25, -0.2) is 0 Å². The number of carbonyl (C=O) groups excluding carboxylic acids is 2. The van der Waals surface area contributed by atoms with Gasteiger partial charge in [-0.3, -0.25) is 9.59 Å². The van der Waals surface area contributed by atoms with Crippen LogP contribution in [0.4, 0.5) is 4.48 Å². The summed E-state index contributed by atoms with van der Waals surface area (Å²) in [6.07, 6.45) is 0.673. The molecule has 0 aliphatic carbocycles. The Kier molecular flexibility index (Phi) is 3.37. The fourth-order valence-electron chi connectivity index (χ4n) is 2.05. The predicted molar refractivity (Wildman–Crippen MR) is 59.3 cm³/mol. The lowest BCUT2D eigenvalue weighted by molar-refractivity contribution is -0.137. The Morgan fingerprint density at radius 3 is 2.76 bits per heavy atom. The van der Waals surface area contributed by atoms with E-state index in [-0.39, 0.29) is 5.91 Å². The maximum absolute atomic E-state index is 12.1. The Hall–Kier alpha value is -1.91. The van der Waals surface area contributed by atoms with Gasteiger partial charge in [0.15, 0.2) is 0 Å². The SMILES string of the molecule is O=C(NF)C1CCC(=O)N1Cc1ccccc1. The van der Waals surface area contributed by atoms with Crippen LogP contribution in [0.2, 0.25) is 0 Å². The second-order valence-electron chi connectivity index (χ2n) is 4.02. The standard InChI is InChI=1S/C12H13FN2O2/c13-14-12(17)10-6-7-11(16)15(10)8-9-4-2-1-3-5-9/h1-5,10H,6-8H2,(H,14,17). The summed E-state index contributed by atoms with van der Waals surface area (Å²) in [6.45, 7) is 0.345. The predicted octanol–water partition coefficient (Wildman–Crippen LogP) is 1.18. The summed E-state index contributed by atoms with van der Waals surface area (Å²) < 4.78 is 12.1. The van der Waals surface area contributed by atoms with Crippen LogP contribution in [0.25, 0.3) is 0 Å². The Bertz CT molecular complexity index is 422. The van der Waals surface area contributed by atoms with Gasteiger partial charge in [-0.05, 0) is 12.0 Å². The van der Waals surface area contributed by atoms with Gasteiger partial charge in [-0.15, -0.1) is 4.48 Å². The highest BCUT2D eigenvalue weighted by atomic mass is 19.2. The van der Waals surface area contributed by atoms with Crippen LogP contribution in [0.15, 0.2) is 30.3 Å². The van der Waals surface area contributed by atoms with Gasteiger partial charge in [0.1, 0.15) is 6.04 Å². The largest absolute Gasteiger partial charge is 0.326 e. The minimum Gasteiger partial charge on any atom is -0.326 e. The molecule has 1 aliphatic heterocycles. The van der Waals surface area contributed by atoms with Crippen molar-refractivity contribution < 1.29 is 14.1 Å². The molecule has 1 fully saturated rings. The number of hydrogen-bond acceptors (Lipinski definition) is 2. The van der Waals surface area contributed by atoms with E-state index in [4.69, 9.17) is 0 Å². The van der Waals surface area contributed by atoms with E-state index in [1.807, 2.05) is 30.3 Å². The van der Waals surface area contributed by atoms with E-state index in [1.54, 1.807) is 0 Å². The molecule has 2 amide bonds. The van der Waals surface area contributed by atoms with Crippen molar-refractivity contribution >= 4 is 11.8 Å². The first-order valence-corrected chi connectivity index (χ1v) is 5.46. The molecular formula is C12H13FN2O2. The average Bonchev–Trinajstić information content (AvgIpc) is 2.72. The lowest BCUT2D eigenvalue weighted by Crippen LogP contribution is -2.42. The van der Waals surface area contributed by atoms with Crippen LogP contribution in [0.5, 0.6) is 0 Å². The van der Waals surface area contributed by atoms with Gasteiger partial charge in [0.2, 0.25) is 5.91 Å². The van der Waals surface area contributed by atoms with Gasteiger partial charge in [-0.1, -0.05) is 30.3 Å². The van der Waals surface area contributed by atoms with Crippen LogP contribution in [0.1, 0.15) is 18.4 Å². The first-order valence-electron chi connectivity index (χ1n) is 5.46. The first-order chi connectivity index (χ1) is 8.22. The maximum Gasteiger partial charge on any atom is 0.270 e. The molecule has 1 aromatic rings. The van der Waals surface area contributed by atoms with Gasteiger partial charge in [0.05, 0.1) is 0 Å². The van der Waals surface area contributed by atoms with Gasteiger partial charge in [0, 0.05) is 13.0 Å². The topological polar surface area (TPSA) is 49.4 Å². The number of carbonyl (C=O) groups is 2. The minimum atomic E-state index is -0.744. The van der Waals surface area contributed by atoms with Crippen molar-refractivity contribution in [1.82, 2.24) is 10.4 Å². The van der Waals surface area contributed by atoms with Crippen molar-refractivity contribution in [3.8, 4) is 0 Å². The monoisotopic (exact) mass is 236 g/mol. The van der Waals surface area contributed by atoms with Crippen LogP contribution in [0.3, 0.4) is 0 Å². The molecule has 1 atom stereocenters. The zero-order valence-electron chi connectivity index (χ0n) is 9.23. The third-order valence-electron chi connectivity index (χ3n) is 2.92. The van der Waals surface area contributed by atoms with E-state index in [2.05, 4.69) is 0 Å². The highest BCUT2D eigenvalue weighted by molar-refractivity contribution is 5.90. The summed E-state index contributed by atoms with van der Waals surface area (Å²) in [5.41, 5.74) is 2.04. The van der Waals surface area contributed by atoms with Crippen molar-refractivity contribution in [2.75, 3.05) is 0 Å². The normalized spacial score (nSPS) is 19.5. The third kappa shape index (κ3) is 2.43. The molecule has 4 nitrogen and oxygen atoms in total. The molecule has 1 saturated heterocycles. The summed E-state index contributed by atoms with van der Waals surface area (Å²) in [5.74, 6) is -0.853. The van der Waals surface area contributed by atoms with Gasteiger partial charge in [0.25, 0.3) is 5.91 Å². The number of rotatable bonds is 3. The number of nitrogens with one attached hydrogen (secondary N) is 1. The van der Waals surface area contributed by atoms with Crippen LogP contribution in [-0.2, 0) is 16.1 Å². The molecule has 5 heteroatoms. The molecule has 1 aliphatic rings. The quantitative estimate of drug-likeness (QED) is 0.801. The molecule has 0 saturated carbocycles. The van der Waals surface area contributed by atoms with Crippen molar-refractivity contribution in [3.05, 3.63) is 35.9 Å². The maximum atomic E-state index is 12.1. The summed E-state index contributed by atoms with van der Waals surface area (Å²) in [5, 5.41) is 0. The van der Waals surface area contributed by atoms with Gasteiger partial charge < -0.3 is 4.90 Å². The Balaban J connectivity index is 2.12. The van der Waals surface area contributed by atoms with E-state index in [9.17, 15) is 14.1 Å². The molecule has 17 heavy (non-hydrogen) atoms. The fourth-order valence-corrected chi connectivity index (χ4v) is 2.05. The summed E-state index contributed by atoms with van der Waals surface area (Å²) in [6, 6.07) is 8.65. The van der Waals surface area contributed by atoms with Crippen molar-refractivity contribution in [2.45, 2.75) is 25.4 Å². The molecule has 1 N–H and O–H groups in total. The Morgan fingerprint density at radius 1 is 1.41 bits per heavy atom. The molecule has 1 unspecified atom stereocenters. The van der Waals surface area contributed by atoms with E-state index in [0.29, 0.717) is 19.4 Å². The van der Waals surface area contributed by atoms with Crippen LogP contribution in [-0.4, -0.2) is 22.8 Å². The fraction of sp³-hybridized carbons (Fsp3) is 0.333. The zero-order valence-corrected chi connectivity index (χ0v) is 9.23. The average molecular weight is 236 g/mol. The van der Waals surface area contributed by atoms with E-state index >= 15 is 0 Å². The van der Waals surface area contributed by atoms with Crippen molar-refractivity contribution in [2.24, 2.45) is 0 Å². The lowest BCUT2D eigenvalue weighted by atomic mass is 10.2. The number of likely N-dealkylation sites (tertiary alicyclic amines) is 1. The minimum absolute atomic E-state index is 0.109. The summed E-state index contributed by atoms with van der Waals surface area (Å²) in [7, 11) is 0. The van der Waals surface area contributed by atoms with E-state index < -0.39 is 11.9 Å². The second kappa shape index (κ2) is 4.95. The second-order valence-corrected chi connectivity index (χ2v) is 4.02. The molecule has 0 spiro atoms. The summed E-state index contributed by atoms with van der Waals surface area (Å²) in [4.78, 5) is 24.3. The highest BCUT2D eigenvalue weighted by Crippen LogP contribution is 2.21. The van der Waals surface area contributed by atoms with Crippen molar-refractivity contribution in [3.63, 3.8) is 0 Å². The van der Waals surface area contributed by atoms with Gasteiger partial charge in [-0.2, -0.15) is 5.54 Å². The molecule has 1 aromatic carbocycles.